The van der Waals surface area contributed by atoms with Gasteiger partial charge in [-0.3, -0.25) is 9.59 Å². The van der Waals surface area contributed by atoms with E-state index in [4.69, 9.17) is 0 Å². The number of nitrogens with one attached hydrogen (secondary N) is 2. The fraction of sp³-hybridized carbons (Fsp3) is 0.579. The van der Waals surface area contributed by atoms with Crippen molar-refractivity contribution in [3.05, 3.63) is 29.8 Å². The predicted molar refractivity (Wildman–Crippen MR) is 93.4 cm³/mol. The maximum absolute atomic E-state index is 12.5. The normalized spacial score (nSPS) is 16.9. The van der Waals surface area contributed by atoms with E-state index in [-0.39, 0.29) is 11.8 Å². The van der Waals surface area contributed by atoms with Gasteiger partial charge in [-0.25, -0.2) is 0 Å². The Hall–Kier alpha value is -1.84. The molecule has 0 aliphatic heterocycles. The lowest BCUT2D eigenvalue weighted by atomic mass is 9.68. The van der Waals surface area contributed by atoms with Gasteiger partial charge in [0.15, 0.2) is 0 Å². The molecule has 1 aromatic carbocycles. The van der Waals surface area contributed by atoms with Crippen LogP contribution in [0.25, 0.3) is 0 Å². The molecule has 0 heterocycles. The van der Waals surface area contributed by atoms with E-state index >= 15 is 0 Å². The minimum atomic E-state index is -0.409. The molecule has 2 N–H and O–H groups in total. The molecule has 0 aromatic heterocycles. The van der Waals surface area contributed by atoms with E-state index in [1.807, 2.05) is 38.1 Å². The monoisotopic (exact) mass is 316 g/mol. The lowest BCUT2D eigenvalue weighted by molar-refractivity contribution is -0.127. The molecule has 1 saturated carbocycles. The summed E-state index contributed by atoms with van der Waals surface area (Å²) >= 11 is 0. The standard InChI is InChI=1S/C19H28N2O2/c1-14(2)13-17(22)21-16-9-7-15(8-10-16)19(18(23)20-3)11-5-4-6-12-19/h7-10,14H,4-6,11-13H2,1-3H3,(H,20,23)(H,21,22). The second-order valence-corrected chi connectivity index (χ2v) is 6.95. The van der Waals surface area contributed by atoms with Crippen molar-refractivity contribution >= 4 is 17.5 Å². The van der Waals surface area contributed by atoms with Crippen LogP contribution in [0.1, 0.15) is 57.9 Å². The Morgan fingerprint density at radius 1 is 1.09 bits per heavy atom. The molecule has 0 radical (unpaired) electrons. The zero-order valence-corrected chi connectivity index (χ0v) is 14.4. The molecule has 1 aliphatic rings. The van der Waals surface area contributed by atoms with E-state index in [1.165, 1.54) is 6.42 Å². The van der Waals surface area contributed by atoms with E-state index in [1.54, 1.807) is 7.05 Å². The molecule has 23 heavy (non-hydrogen) atoms. The number of carbonyl (C=O) groups excluding carboxylic acids is 2. The molecule has 0 atom stereocenters. The van der Waals surface area contributed by atoms with E-state index < -0.39 is 5.41 Å². The average molecular weight is 316 g/mol. The van der Waals surface area contributed by atoms with Gasteiger partial charge in [-0.1, -0.05) is 45.2 Å². The first-order valence-corrected chi connectivity index (χ1v) is 8.60. The summed E-state index contributed by atoms with van der Waals surface area (Å²) in [4.78, 5) is 24.3. The van der Waals surface area contributed by atoms with Crippen LogP contribution in [0.15, 0.2) is 24.3 Å². The molecule has 0 spiro atoms. The van der Waals surface area contributed by atoms with Gasteiger partial charge in [0, 0.05) is 19.2 Å². The molecule has 0 unspecified atom stereocenters. The SMILES string of the molecule is CNC(=O)C1(c2ccc(NC(=O)CC(C)C)cc2)CCCCC1. The fourth-order valence-electron chi connectivity index (χ4n) is 3.50. The van der Waals surface area contributed by atoms with Gasteiger partial charge < -0.3 is 10.6 Å². The van der Waals surface area contributed by atoms with Crippen LogP contribution >= 0.6 is 0 Å². The summed E-state index contributed by atoms with van der Waals surface area (Å²) < 4.78 is 0. The minimum Gasteiger partial charge on any atom is -0.358 e. The van der Waals surface area contributed by atoms with E-state index in [0.717, 1.165) is 36.9 Å². The number of amides is 2. The van der Waals surface area contributed by atoms with Crippen molar-refractivity contribution in [2.24, 2.45) is 5.92 Å². The van der Waals surface area contributed by atoms with E-state index in [9.17, 15) is 9.59 Å². The van der Waals surface area contributed by atoms with Crippen LogP contribution < -0.4 is 10.6 Å². The number of anilines is 1. The molecule has 1 aromatic rings. The second kappa shape index (κ2) is 7.62. The topological polar surface area (TPSA) is 58.2 Å². The summed E-state index contributed by atoms with van der Waals surface area (Å²) in [5.74, 6) is 0.480. The molecule has 126 valence electrons. The quantitative estimate of drug-likeness (QED) is 0.871. The number of benzene rings is 1. The van der Waals surface area contributed by atoms with Gasteiger partial charge >= 0.3 is 0 Å². The fourth-order valence-corrected chi connectivity index (χ4v) is 3.50. The number of likely N-dealkylation sites (N-methyl/N-ethyl adjacent to an activating group) is 1. The summed E-state index contributed by atoms with van der Waals surface area (Å²) in [6, 6.07) is 7.80. The molecule has 2 rings (SSSR count). The van der Waals surface area contributed by atoms with Gasteiger partial charge in [0.1, 0.15) is 0 Å². The Kier molecular flexibility index (Phi) is 5.80. The van der Waals surface area contributed by atoms with Gasteiger partial charge in [-0.2, -0.15) is 0 Å². The summed E-state index contributed by atoms with van der Waals surface area (Å²) in [5, 5.41) is 5.75. The van der Waals surface area contributed by atoms with Gasteiger partial charge in [0.25, 0.3) is 0 Å². The molecule has 4 heteroatoms. The van der Waals surface area contributed by atoms with Gasteiger partial charge in [0.05, 0.1) is 5.41 Å². The molecule has 1 fully saturated rings. The Morgan fingerprint density at radius 3 is 2.22 bits per heavy atom. The highest BCUT2D eigenvalue weighted by atomic mass is 16.2. The highest BCUT2D eigenvalue weighted by Gasteiger charge is 2.40. The Morgan fingerprint density at radius 2 is 1.70 bits per heavy atom. The maximum Gasteiger partial charge on any atom is 0.230 e. The van der Waals surface area contributed by atoms with Crippen LogP contribution in [0.5, 0.6) is 0 Å². The predicted octanol–water partition coefficient (Wildman–Crippen LogP) is 3.62. The minimum absolute atomic E-state index is 0.0337. The van der Waals surface area contributed by atoms with Crippen LogP contribution in [0, 0.1) is 5.92 Å². The highest BCUT2D eigenvalue weighted by molar-refractivity contribution is 5.91. The summed E-state index contributed by atoms with van der Waals surface area (Å²) in [6.07, 6.45) is 5.67. The third kappa shape index (κ3) is 4.12. The van der Waals surface area contributed by atoms with Crippen molar-refractivity contribution in [3.63, 3.8) is 0 Å². The Labute approximate surface area is 139 Å². The molecule has 4 nitrogen and oxygen atoms in total. The molecular formula is C19H28N2O2. The van der Waals surface area contributed by atoms with Gasteiger partial charge in [-0.05, 0) is 36.5 Å². The van der Waals surface area contributed by atoms with Crippen molar-refractivity contribution in [2.75, 3.05) is 12.4 Å². The molecule has 1 aliphatic carbocycles. The molecule has 0 bridgehead atoms. The number of hydrogen-bond acceptors (Lipinski definition) is 2. The largest absolute Gasteiger partial charge is 0.358 e. The van der Waals surface area contributed by atoms with Crippen LogP contribution in [0.4, 0.5) is 5.69 Å². The average Bonchev–Trinajstić information content (AvgIpc) is 2.54. The number of hydrogen-bond donors (Lipinski definition) is 2. The lowest BCUT2D eigenvalue weighted by Gasteiger charge is -2.36. The van der Waals surface area contributed by atoms with E-state index in [2.05, 4.69) is 10.6 Å². The van der Waals surface area contributed by atoms with Gasteiger partial charge in [-0.15, -0.1) is 0 Å². The molecule has 2 amide bonds. The smallest absolute Gasteiger partial charge is 0.230 e. The molecular weight excluding hydrogens is 288 g/mol. The van der Waals surface area contributed by atoms with Crippen molar-refractivity contribution in [3.8, 4) is 0 Å². The number of carbonyl (C=O) groups is 2. The Balaban J connectivity index is 2.16. The van der Waals surface area contributed by atoms with Crippen LogP contribution in [0.3, 0.4) is 0 Å². The van der Waals surface area contributed by atoms with E-state index in [0.29, 0.717) is 12.3 Å². The highest BCUT2D eigenvalue weighted by Crippen LogP contribution is 2.40. The number of rotatable bonds is 5. The molecule has 0 saturated heterocycles. The summed E-state index contributed by atoms with van der Waals surface area (Å²) in [6.45, 7) is 4.05. The van der Waals surface area contributed by atoms with Crippen molar-refractivity contribution in [2.45, 2.75) is 57.8 Å². The first-order chi connectivity index (χ1) is 11.0. The van der Waals surface area contributed by atoms with Crippen LogP contribution in [0.2, 0.25) is 0 Å². The lowest BCUT2D eigenvalue weighted by Crippen LogP contribution is -2.44. The maximum atomic E-state index is 12.5. The third-order valence-electron chi connectivity index (χ3n) is 4.68. The zero-order chi connectivity index (χ0) is 16.9. The van der Waals surface area contributed by atoms with Gasteiger partial charge in [0.2, 0.25) is 11.8 Å². The van der Waals surface area contributed by atoms with Crippen LogP contribution in [-0.4, -0.2) is 18.9 Å². The zero-order valence-electron chi connectivity index (χ0n) is 14.4. The summed E-state index contributed by atoms with van der Waals surface area (Å²) in [7, 11) is 1.71. The first-order valence-electron chi connectivity index (χ1n) is 8.60. The summed E-state index contributed by atoms with van der Waals surface area (Å²) in [5.41, 5.74) is 1.44. The Bertz CT molecular complexity index is 543. The van der Waals surface area contributed by atoms with Crippen molar-refractivity contribution in [1.29, 1.82) is 0 Å². The first kappa shape index (κ1) is 17.5. The third-order valence-corrected chi connectivity index (χ3v) is 4.68. The second-order valence-electron chi connectivity index (χ2n) is 6.95. The van der Waals surface area contributed by atoms with Crippen molar-refractivity contribution in [1.82, 2.24) is 5.32 Å². The van der Waals surface area contributed by atoms with Crippen LogP contribution in [-0.2, 0) is 15.0 Å². The van der Waals surface area contributed by atoms with Crippen molar-refractivity contribution < 1.29 is 9.59 Å².